The largest absolute Gasteiger partial charge is 0.418 e. The van der Waals surface area contributed by atoms with Crippen molar-refractivity contribution in [3.05, 3.63) is 106 Å². The molecule has 0 fully saturated rings. The van der Waals surface area contributed by atoms with Gasteiger partial charge in [-0.25, -0.2) is 0 Å². The predicted octanol–water partition coefficient (Wildman–Crippen LogP) is 5.22. The van der Waals surface area contributed by atoms with Crippen molar-refractivity contribution < 1.29 is 9.21 Å². The van der Waals surface area contributed by atoms with Crippen LogP contribution in [0.25, 0.3) is 11.5 Å². The Morgan fingerprint density at radius 1 is 0.931 bits per heavy atom. The zero-order valence-corrected chi connectivity index (χ0v) is 16.4. The topological polar surface area (TPSA) is 68.0 Å². The van der Waals surface area contributed by atoms with Crippen LogP contribution in [0, 0.1) is 6.92 Å². The Kier molecular flexibility index (Phi) is 5.40. The molecule has 0 aliphatic rings. The number of halogens is 1. The van der Waals surface area contributed by atoms with E-state index in [9.17, 15) is 4.79 Å². The molecule has 0 aliphatic carbocycles. The number of carbonyl (C=O) groups is 1. The molecule has 1 atom stereocenters. The van der Waals surface area contributed by atoms with Gasteiger partial charge in [-0.2, -0.15) is 0 Å². The zero-order valence-electron chi connectivity index (χ0n) is 15.7. The van der Waals surface area contributed by atoms with E-state index in [1.54, 1.807) is 18.2 Å². The molecule has 5 nitrogen and oxygen atoms in total. The molecule has 0 saturated heterocycles. The van der Waals surface area contributed by atoms with Gasteiger partial charge in [-0.15, -0.1) is 10.2 Å². The van der Waals surface area contributed by atoms with Gasteiger partial charge in [0, 0.05) is 5.56 Å². The standard InChI is InChI=1S/C23H18ClN3O2/c1-15-11-13-17(14-12-15)21(28)25-20(16-7-3-2-4-8-16)23-27-26-22(29-23)18-9-5-6-10-19(18)24/h2-14,20H,1H3,(H,25,28)/t20-/m1/s1. The minimum absolute atomic E-state index is 0.226. The maximum atomic E-state index is 12.8. The molecular formula is C23H18ClN3O2. The van der Waals surface area contributed by atoms with Crippen LogP contribution < -0.4 is 5.32 Å². The SMILES string of the molecule is Cc1ccc(C(=O)N[C@H](c2ccccc2)c2nnc(-c3ccccc3Cl)o2)cc1. The van der Waals surface area contributed by atoms with E-state index in [0.717, 1.165) is 11.1 Å². The summed E-state index contributed by atoms with van der Waals surface area (Å²) in [5.74, 6) is 0.360. The molecule has 1 aromatic heterocycles. The Hall–Kier alpha value is -3.44. The number of carbonyl (C=O) groups excluding carboxylic acids is 1. The van der Waals surface area contributed by atoms with Crippen molar-refractivity contribution in [2.24, 2.45) is 0 Å². The van der Waals surface area contributed by atoms with E-state index < -0.39 is 6.04 Å². The highest BCUT2D eigenvalue weighted by Crippen LogP contribution is 2.29. The van der Waals surface area contributed by atoms with E-state index in [1.807, 2.05) is 67.6 Å². The second-order valence-corrected chi connectivity index (χ2v) is 7.02. The number of benzene rings is 3. The molecule has 0 radical (unpaired) electrons. The molecular weight excluding hydrogens is 386 g/mol. The molecule has 6 heteroatoms. The molecule has 0 spiro atoms. The fraction of sp³-hybridized carbons (Fsp3) is 0.0870. The fourth-order valence-electron chi connectivity index (χ4n) is 2.95. The van der Waals surface area contributed by atoms with Gasteiger partial charge in [-0.05, 0) is 36.8 Å². The molecule has 0 bridgehead atoms. The summed E-state index contributed by atoms with van der Waals surface area (Å²) in [7, 11) is 0. The van der Waals surface area contributed by atoms with Crippen molar-refractivity contribution in [3.63, 3.8) is 0 Å². The van der Waals surface area contributed by atoms with Crippen molar-refractivity contribution in [2.45, 2.75) is 13.0 Å². The van der Waals surface area contributed by atoms with Gasteiger partial charge in [0.05, 0.1) is 10.6 Å². The molecule has 0 saturated carbocycles. The van der Waals surface area contributed by atoms with Gasteiger partial charge < -0.3 is 9.73 Å². The average Bonchev–Trinajstić information content (AvgIpc) is 3.23. The molecule has 1 amide bonds. The summed E-state index contributed by atoms with van der Waals surface area (Å²) in [4.78, 5) is 12.8. The van der Waals surface area contributed by atoms with Crippen molar-refractivity contribution in [1.29, 1.82) is 0 Å². The molecule has 0 aliphatic heterocycles. The Labute approximate surface area is 173 Å². The number of amides is 1. The zero-order chi connectivity index (χ0) is 20.2. The van der Waals surface area contributed by atoms with E-state index in [2.05, 4.69) is 15.5 Å². The second-order valence-electron chi connectivity index (χ2n) is 6.61. The fourth-order valence-corrected chi connectivity index (χ4v) is 3.16. The summed E-state index contributed by atoms with van der Waals surface area (Å²) >= 11 is 6.24. The maximum absolute atomic E-state index is 12.8. The minimum Gasteiger partial charge on any atom is -0.418 e. The van der Waals surface area contributed by atoms with E-state index in [0.29, 0.717) is 22.0 Å². The lowest BCUT2D eigenvalue weighted by Crippen LogP contribution is -2.29. The number of nitrogens with zero attached hydrogens (tertiary/aromatic N) is 2. The van der Waals surface area contributed by atoms with Crippen LogP contribution in [0.2, 0.25) is 5.02 Å². The smallest absolute Gasteiger partial charge is 0.252 e. The summed E-state index contributed by atoms with van der Waals surface area (Å²) in [5, 5.41) is 11.8. The highest BCUT2D eigenvalue weighted by molar-refractivity contribution is 6.33. The molecule has 3 aromatic carbocycles. The monoisotopic (exact) mass is 403 g/mol. The Balaban J connectivity index is 1.68. The third kappa shape index (κ3) is 4.20. The van der Waals surface area contributed by atoms with Crippen molar-refractivity contribution in [1.82, 2.24) is 15.5 Å². The van der Waals surface area contributed by atoms with E-state index in [4.69, 9.17) is 16.0 Å². The lowest BCUT2D eigenvalue weighted by atomic mass is 10.1. The van der Waals surface area contributed by atoms with Gasteiger partial charge in [0.1, 0.15) is 6.04 Å². The number of aromatic nitrogens is 2. The normalized spacial score (nSPS) is 11.8. The van der Waals surface area contributed by atoms with Crippen molar-refractivity contribution in [2.75, 3.05) is 0 Å². The van der Waals surface area contributed by atoms with Crippen LogP contribution >= 0.6 is 11.6 Å². The van der Waals surface area contributed by atoms with Crippen LogP contribution in [0.1, 0.15) is 33.4 Å². The third-order valence-corrected chi connectivity index (χ3v) is 4.84. The number of rotatable bonds is 5. The third-order valence-electron chi connectivity index (χ3n) is 4.51. The first-order valence-electron chi connectivity index (χ1n) is 9.12. The highest BCUT2D eigenvalue weighted by atomic mass is 35.5. The van der Waals surface area contributed by atoms with E-state index in [-0.39, 0.29) is 11.8 Å². The number of hydrogen-bond donors (Lipinski definition) is 1. The van der Waals surface area contributed by atoms with Crippen LogP contribution in [0.4, 0.5) is 0 Å². The molecule has 144 valence electrons. The van der Waals surface area contributed by atoms with Crippen LogP contribution in [-0.4, -0.2) is 16.1 Å². The predicted molar refractivity (Wildman–Crippen MR) is 112 cm³/mol. The van der Waals surface area contributed by atoms with Gasteiger partial charge in [-0.1, -0.05) is 71.8 Å². The summed E-state index contributed by atoms with van der Waals surface area (Å²) in [6.07, 6.45) is 0. The summed E-state index contributed by atoms with van der Waals surface area (Å²) in [6, 6.07) is 23.5. The Bertz CT molecular complexity index is 1120. The molecule has 0 unspecified atom stereocenters. The quantitative estimate of drug-likeness (QED) is 0.496. The van der Waals surface area contributed by atoms with Crippen LogP contribution in [0.3, 0.4) is 0 Å². The minimum atomic E-state index is -0.589. The van der Waals surface area contributed by atoms with Gasteiger partial charge in [0.25, 0.3) is 5.91 Å². The van der Waals surface area contributed by atoms with Gasteiger partial charge in [-0.3, -0.25) is 4.79 Å². The average molecular weight is 404 g/mol. The Morgan fingerprint density at radius 3 is 2.34 bits per heavy atom. The first-order chi connectivity index (χ1) is 14.1. The van der Waals surface area contributed by atoms with Gasteiger partial charge in [0.15, 0.2) is 0 Å². The van der Waals surface area contributed by atoms with Crippen LogP contribution in [0.5, 0.6) is 0 Å². The summed E-state index contributed by atoms with van der Waals surface area (Å²) < 4.78 is 5.90. The Morgan fingerprint density at radius 2 is 1.62 bits per heavy atom. The van der Waals surface area contributed by atoms with E-state index >= 15 is 0 Å². The molecule has 1 N–H and O–H groups in total. The lowest BCUT2D eigenvalue weighted by Gasteiger charge is -2.16. The lowest BCUT2D eigenvalue weighted by molar-refractivity contribution is 0.0938. The molecule has 4 aromatic rings. The summed E-state index contributed by atoms with van der Waals surface area (Å²) in [6.45, 7) is 1.98. The maximum Gasteiger partial charge on any atom is 0.252 e. The molecule has 4 rings (SSSR count). The van der Waals surface area contributed by atoms with Crippen molar-refractivity contribution in [3.8, 4) is 11.5 Å². The first-order valence-corrected chi connectivity index (χ1v) is 9.50. The highest BCUT2D eigenvalue weighted by Gasteiger charge is 2.24. The van der Waals surface area contributed by atoms with Gasteiger partial charge >= 0.3 is 0 Å². The first kappa shape index (κ1) is 18.9. The second kappa shape index (κ2) is 8.29. The van der Waals surface area contributed by atoms with Gasteiger partial charge in [0.2, 0.25) is 11.8 Å². The van der Waals surface area contributed by atoms with Crippen LogP contribution in [0.15, 0.2) is 83.3 Å². The molecule has 1 heterocycles. The van der Waals surface area contributed by atoms with Crippen LogP contribution in [-0.2, 0) is 0 Å². The summed E-state index contributed by atoms with van der Waals surface area (Å²) in [5.41, 5.74) is 3.12. The van der Waals surface area contributed by atoms with Crippen molar-refractivity contribution >= 4 is 17.5 Å². The number of aryl methyl sites for hydroxylation is 1. The number of nitrogens with one attached hydrogen (secondary N) is 1. The number of hydrogen-bond acceptors (Lipinski definition) is 4. The van der Waals surface area contributed by atoms with E-state index in [1.165, 1.54) is 0 Å². The molecule has 29 heavy (non-hydrogen) atoms.